The second-order valence-electron chi connectivity index (χ2n) is 4.73. The van der Waals surface area contributed by atoms with Gasteiger partial charge in [-0.3, -0.25) is 4.79 Å². The fourth-order valence-corrected chi connectivity index (χ4v) is 1.90. The van der Waals surface area contributed by atoms with Gasteiger partial charge in [-0.1, -0.05) is 0 Å². The molecule has 5 nitrogen and oxygen atoms in total. The zero-order valence-electron chi connectivity index (χ0n) is 10.8. The predicted molar refractivity (Wildman–Crippen MR) is 66.4 cm³/mol. The first-order valence-corrected chi connectivity index (χ1v) is 6.19. The quantitative estimate of drug-likeness (QED) is 0.710. The van der Waals surface area contributed by atoms with Gasteiger partial charge in [-0.15, -0.1) is 0 Å². The monoisotopic (exact) mass is 238 g/mol. The van der Waals surface area contributed by atoms with Crippen molar-refractivity contribution in [1.29, 1.82) is 5.26 Å². The van der Waals surface area contributed by atoms with Gasteiger partial charge in [0.25, 0.3) is 0 Å². The third-order valence-corrected chi connectivity index (χ3v) is 2.94. The third-order valence-electron chi connectivity index (χ3n) is 2.94. The number of nitrogens with zero attached hydrogens (tertiary/aromatic N) is 3. The van der Waals surface area contributed by atoms with Gasteiger partial charge in [0.2, 0.25) is 5.91 Å². The largest absolute Gasteiger partial charge is 0.343 e. The Balaban J connectivity index is 2.26. The van der Waals surface area contributed by atoms with Crippen LogP contribution in [0.2, 0.25) is 0 Å². The number of rotatable bonds is 6. The number of hydrogen-bond donors (Lipinski definition) is 1. The molecule has 0 aromatic rings. The number of amides is 1. The lowest BCUT2D eigenvalue weighted by Gasteiger charge is -2.18. The van der Waals surface area contributed by atoms with Crippen molar-refractivity contribution in [2.45, 2.75) is 25.3 Å². The van der Waals surface area contributed by atoms with Crippen LogP contribution in [0.1, 0.15) is 19.3 Å². The van der Waals surface area contributed by atoms with Crippen molar-refractivity contribution < 1.29 is 4.79 Å². The number of carbonyl (C=O) groups excluding carboxylic acids is 1. The second-order valence-corrected chi connectivity index (χ2v) is 4.73. The van der Waals surface area contributed by atoms with Crippen LogP contribution >= 0.6 is 0 Å². The van der Waals surface area contributed by atoms with Crippen molar-refractivity contribution >= 4 is 5.91 Å². The van der Waals surface area contributed by atoms with Crippen molar-refractivity contribution in [3.8, 4) is 6.07 Å². The van der Waals surface area contributed by atoms with Crippen molar-refractivity contribution in [3.63, 3.8) is 0 Å². The second kappa shape index (κ2) is 7.25. The summed E-state index contributed by atoms with van der Waals surface area (Å²) in [5, 5.41) is 12.1. The molecule has 1 atom stereocenters. The molecular weight excluding hydrogens is 216 g/mol. The van der Waals surface area contributed by atoms with E-state index in [-0.39, 0.29) is 11.9 Å². The molecule has 0 bridgehead atoms. The number of likely N-dealkylation sites (N-methyl/N-ethyl adjacent to an activating group) is 1. The fourth-order valence-electron chi connectivity index (χ4n) is 1.90. The Morgan fingerprint density at radius 2 is 2.12 bits per heavy atom. The summed E-state index contributed by atoms with van der Waals surface area (Å²) in [6.07, 6.45) is 2.48. The Bertz CT molecular complexity index is 279. The van der Waals surface area contributed by atoms with Crippen molar-refractivity contribution in [2.75, 3.05) is 40.3 Å². The number of hydrogen-bond acceptors (Lipinski definition) is 4. The number of nitriles is 1. The smallest absolute Gasteiger partial charge is 0.225 e. The van der Waals surface area contributed by atoms with Gasteiger partial charge in [-0.2, -0.15) is 5.26 Å². The fraction of sp³-hybridized carbons (Fsp3) is 0.833. The Labute approximate surface area is 103 Å². The van der Waals surface area contributed by atoms with Gasteiger partial charge in [0.1, 0.15) is 6.04 Å². The van der Waals surface area contributed by atoms with Crippen LogP contribution in [-0.4, -0.2) is 62.0 Å². The zero-order valence-corrected chi connectivity index (χ0v) is 10.8. The van der Waals surface area contributed by atoms with Crippen LogP contribution in [0.15, 0.2) is 0 Å². The molecule has 0 aromatic heterocycles. The summed E-state index contributed by atoms with van der Waals surface area (Å²) in [5.74, 6) is 0.103. The van der Waals surface area contributed by atoms with Crippen LogP contribution < -0.4 is 5.32 Å². The maximum atomic E-state index is 11.8. The Kier molecular flexibility index (Phi) is 5.95. The van der Waals surface area contributed by atoms with Crippen LogP contribution in [0.4, 0.5) is 0 Å². The lowest BCUT2D eigenvalue weighted by Crippen LogP contribution is -2.38. The summed E-state index contributed by atoms with van der Waals surface area (Å²) < 4.78 is 0. The summed E-state index contributed by atoms with van der Waals surface area (Å²) >= 11 is 0. The van der Waals surface area contributed by atoms with E-state index in [1.54, 1.807) is 0 Å². The first kappa shape index (κ1) is 13.9. The van der Waals surface area contributed by atoms with Gasteiger partial charge in [0.15, 0.2) is 0 Å². The van der Waals surface area contributed by atoms with E-state index in [2.05, 4.69) is 11.4 Å². The van der Waals surface area contributed by atoms with Crippen LogP contribution in [-0.2, 0) is 4.79 Å². The molecule has 0 aliphatic carbocycles. The summed E-state index contributed by atoms with van der Waals surface area (Å²) in [7, 11) is 3.97. The SMILES string of the molecule is CN(C)CCNC(C#N)CC(=O)N1CCCC1. The van der Waals surface area contributed by atoms with Crippen LogP contribution in [0.5, 0.6) is 0 Å². The molecule has 0 saturated carbocycles. The van der Waals surface area contributed by atoms with Crippen LogP contribution in [0.25, 0.3) is 0 Å². The van der Waals surface area contributed by atoms with E-state index < -0.39 is 0 Å². The minimum absolute atomic E-state index is 0.103. The van der Waals surface area contributed by atoms with Crippen LogP contribution in [0.3, 0.4) is 0 Å². The maximum Gasteiger partial charge on any atom is 0.225 e. The lowest BCUT2D eigenvalue weighted by atomic mass is 10.2. The minimum atomic E-state index is -0.358. The molecule has 5 heteroatoms. The molecule has 1 heterocycles. The molecule has 96 valence electrons. The summed E-state index contributed by atoms with van der Waals surface area (Å²) in [6.45, 7) is 3.32. The highest BCUT2D eigenvalue weighted by atomic mass is 16.2. The first-order chi connectivity index (χ1) is 8.13. The van der Waals surface area contributed by atoms with Crippen molar-refractivity contribution in [2.24, 2.45) is 0 Å². The molecule has 0 spiro atoms. The molecule has 0 radical (unpaired) electrons. The molecule has 17 heavy (non-hydrogen) atoms. The van der Waals surface area contributed by atoms with E-state index in [0.29, 0.717) is 6.42 Å². The topological polar surface area (TPSA) is 59.4 Å². The zero-order chi connectivity index (χ0) is 12.7. The lowest BCUT2D eigenvalue weighted by molar-refractivity contribution is -0.130. The van der Waals surface area contributed by atoms with E-state index in [0.717, 1.165) is 39.0 Å². The molecule has 1 aliphatic heterocycles. The van der Waals surface area contributed by atoms with Gasteiger partial charge >= 0.3 is 0 Å². The maximum absolute atomic E-state index is 11.8. The highest BCUT2D eigenvalue weighted by molar-refractivity contribution is 5.77. The molecule has 1 fully saturated rings. The average Bonchev–Trinajstić information content (AvgIpc) is 2.80. The van der Waals surface area contributed by atoms with E-state index in [1.165, 1.54) is 0 Å². The normalized spacial score (nSPS) is 17.2. The standard InChI is InChI=1S/C12H22N4O/c1-15(2)8-5-14-11(10-13)9-12(17)16-6-3-4-7-16/h11,14H,3-9H2,1-2H3. The number of carbonyl (C=O) groups is 1. The summed E-state index contributed by atoms with van der Waals surface area (Å²) in [6, 6.07) is 1.79. The molecule has 1 unspecified atom stereocenters. The molecular formula is C12H22N4O. The Hall–Kier alpha value is -1.12. The van der Waals surface area contributed by atoms with E-state index >= 15 is 0 Å². The van der Waals surface area contributed by atoms with Crippen LogP contribution in [0, 0.1) is 11.3 Å². The predicted octanol–water partition coefficient (Wildman–Crippen LogP) is 0.0423. The molecule has 1 aliphatic rings. The first-order valence-electron chi connectivity index (χ1n) is 6.19. The van der Waals surface area contributed by atoms with Gasteiger partial charge in [-0.05, 0) is 26.9 Å². The summed E-state index contributed by atoms with van der Waals surface area (Å²) in [4.78, 5) is 15.7. The van der Waals surface area contributed by atoms with E-state index in [9.17, 15) is 4.79 Å². The average molecular weight is 238 g/mol. The minimum Gasteiger partial charge on any atom is -0.343 e. The Morgan fingerprint density at radius 1 is 1.47 bits per heavy atom. The van der Waals surface area contributed by atoms with Gasteiger partial charge in [-0.25, -0.2) is 0 Å². The van der Waals surface area contributed by atoms with E-state index in [1.807, 2.05) is 23.9 Å². The Morgan fingerprint density at radius 3 is 2.65 bits per heavy atom. The summed E-state index contributed by atoms with van der Waals surface area (Å²) in [5.41, 5.74) is 0. The van der Waals surface area contributed by atoms with Gasteiger partial charge in [0.05, 0.1) is 12.5 Å². The van der Waals surface area contributed by atoms with E-state index in [4.69, 9.17) is 5.26 Å². The number of nitrogens with one attached hydrogen (secondary N) is 1. The van der Waals surface area contributed by atoms with Gasteiger partial charge < -0.3 is 15.1 Å². The highest BCUT2D eigenvalue weighted by Crippen LogP contribution is 2.09. The molecule has 1 amide bonds. The number of likely N-dealkylation sites (tertiary alicyclic amines) is 1. The molecule has 0 aromatic carbocycles. The van der Waals surface area contributed by atoms with Crippen molar-refractivity contribution in [1.82, 2.24) is 15.1 Å². The molecule has 1 saturated heterocycles. The van der Waals surface area contributed by atoms with Crippen molar-refractivity contribution in [3.05, 3.63) is 0 Å². The third kappa shape index (κ3) is 5.16. The molecule has 1 N–H and O–H groups in total. The highest BCUT2D eigenvalue weighted by Gasteiger charge is 2.21. The molecule has 1 rings (SSSR count). The van der Waals surface area contributed by atoms with Gasteiger partial charge in [0, 0.05) is 26.2 Å².